The molecule has 2 atom stereocenters. The van der Waals surface area contributed by atoms with Crippen LogP contribution in [0.5, 0.6) is 0 Å². The highest BCUT2D eigenvalue weighted by Gasteiger charge is 2.31. The molecule has 1 unspecified atom stereocenters. The van der Waals surface area contributed by atoms with Gasteiger partial charge in [0.15, 0.2) is 0 Å². The molecule has 1 aromatic rings. The molecule has 1 aliphatic rings. The summed E-state index contributed by atoms with van der Waals surface area (Å²) >= 11 is 1.72. The van der Waals surface area contributed by atoms with E-state index in [1.807, 2.05) is 24.3 Å². The van der Waals surface area contributed by atoms with Crippen LogP contribution >= 0.6 is 11.8 Å². The van der Waals surface area contributed by atoms with Crippen molar-refractivity contribution in [2.75, 3.05) is 17.7 Å². The summed E-state index contributed by atoms with van der Waals surface area (Å²) in [4.78, 5) is 23.5. The summed E-state index contributed by atoms with van der Waals surface area (Å²) in [7, 11) is 0. The van der Waals surface area contributed by atoms with Crippen LogP contribution in [0.3, 0.4) is 0 Å². The van der Waals surface area contributed by atoms with Crippen molar-refractivity contribution in [3.8, 4) is 0 Å². The number of carbonyl (C=O) groups is 2. The van der Waals surface area contributed by atoms with Gasteiger partial charge in [-0.3, -0.25) is 14.9 Å². The smallest absolute Gasteiger partial charge is 0.324 e. The Bertz CT molecular complexity index is 695. The fourth-order valence-electron chi connectivity index (χ4n) is 4.31. The highest BCUT2D eigenvalue weighted by molar-refractivity contribution is 7.99. The lowest BCUT2D eigenvalue weighted by atomic mass is 10.0. The van der Waals surface area contributed by atoms with Gasteiger partial charge in [0.2, 0.25) is 5.91 Å². The summed E-state index contributed by atoms with van der Waals surface area (Å²) in [6.07, 6.45) is 18.5. The molecule has 34 heavy (non-hydrogen) atoms. The zero-order chi connectivity index (χ0) is 24.4. The highest BCUT2D eigenvalue weighted by Crippen LogP contribution is 2.33. The van der Waals surface area contributed by atoms with E-state index in [0.29, 0.717) is 6.61 Å². The maximum absolute atomic E-state index is 12.4. The van der Waals surface area contributed by atoms with Gasteiger partial charge in [-0.25, -0.2) is 0 Å². The Morgan fingerprint density at radius 1 is 0.882 bits per heavy atom. The third-order valence-electron chi connectivity index (χ3n) is 6.34. The molecule has 0 aromatic heterocycles. The van der Waals surface area contributed by atoms with Crippen LogP contribution in [0.25, 0.3) is 0 Å². The van der Waals surface area contributed by atoms with Crippen LogP contribution in [0, 0.1) is 0 Å². The first-order chi connectivity index (χ1) is 16.6. The molecule has 0 saturated carbocycles. The monoisotopic (exact) mass is 490 g/mol. The molecule has 2 rings (SSSR count). The van der Waals surface area contributed by atoms with Crippen LogP contribution in [-0.4, -0.2) is 30.3 Å². The van der Waals surface area contributed by atoms with Crippen LogP contribution in [-0.2, 0) is 14.3 Å². The molecular weight excluding hydrogens is 444 g/mol. The molecule has 1 heterocycles. The minimum absolute atomic E-state index is 0.0741. The van der Waals surface area contributed by atoms with E-state index >= 15 is 0 Å². The average Bonchev–Trinajstić information content (AvgIpc) is 3.32. The number of amides is 1. The number of rotatable bonds is 18. The number of ether oxygens (including phenoxy) is 1. The second-order valence-electron chi connectivity index (χ2n) is 9.50. The molecule has 192 valence electrons. The van der Waals surface area contributed by atoms with Gasteiger partial charge in [-0.1, -0.05) is 103 Å². The fourth-order valence-corrected chi connectivity index (χ4v) is 5.54. The average molecular weight is 491 g/mol. The van der Waals surface area contributed by atoms with Crippen molar-refractivity contribution >= 4 is 29.3 Å². The van der Waals surface area contributed by atoms with E-state index < -0.39 is 0 Å². The van der Waals surface area contributed by atoms with Crippen molar-refractivity contribution in [1.29, 1.82) is 0 Å². The standard InChI is InChI=1S/C28H46N2O3S/c1-3-4-5-6-7-8-9-10-11-12-13-14-15-16-21-33-28(32)26-22-34-27(30-26)24-17-19-25(20-18-24)29-23(2)31/h17-20,26-27,30H,3-16,21-22H2,1-2H3,(H,29,31)/t26-,27?/m0/s1. The van der Waals surface area contributed by atoms with Gasteiger partial charge >= 0.3 is 5.97 Å². The second kappa shape index (κ2) is 17.8. The van der Waals surface area contributed by atoms with Crippen molar-refractivity contribution in [1.82, 2.24) is 5.32 Å². The Hall–Kier alpha value is -1.53. The highest BCUT2D eigenvalue weighted by atomic mass is 32.2. The first-order valence-corrected chi connectivity index (χ1v) is 14.6. The predicted octanol–water partition coefficient (Wildman–Crippen LogP) is 7.37. The lowest BCUT2D eigenvalue weighted by Gasteiger charge is -2.14. The summed E-state index contributed by atoms with van der Waals surface area (Å²) < 4.78 is 5.52. The number of thioether (sulfide) groups is 1. The molecule has 5 nitrogen and oxygen atoms in total. The number of hydrogen-bond acceptors (Lipinski definition) is 5. The number of benzene rings is 1. The van der Waals surface area contributed by atoms with Crippen molar-refractivity contribution < 1.29 is 14.3 Å². The molecule has 6 heteroatoms. The van der Waals surface area contributed by atoms with Gasteiger partial charge in [-0.2, -0.15) is 0 Å². The Balaban J connectivity index is 1.44. The first kappa shape index (κ1) is 28.7. The topological polar surface area (TPSA) is 67.4 Å². The SMILES string of the molecule is CCCCCCCCCCCCCCCCOC(=O)[C@@H]1CSC(c2ccc(NC(C)=O)cc2)N1. The second-order valence-corrected chi connectivity index (χ2v) is 10.6. The Kier molecular flexibility index (Phi) is 15.1. The van der Waals surface area contributed by atoms with Gasteiger partial charge in [-0.15, -0.1) is 11.8 Å². The van der Waals surface area contributed by atoms with Gasteiger partial charge in [0.1, 0.15) is 6.04 Å². The number of esters is 1. The lowest BCUT2D eigenvalue weighted by Crippen LogP contribution is -2.35. The maximum Gasteiger partial charge on any atom is 0.324 e. The minimum atomic E-state index is -0.253. The third kappa shape index (κ3) is 12.3. The number of carbonyl (C=O) groups excluding carboxylic acids is 2. The molecule has 1 aliphatic heterocycles. The number of unbranched alkanes of at least 4 members (excludes halogenated alkanes) is 13. The van der Waals surface area contributed by atoms with Crippen molar-refractivity contribution in [3.63, 3.8) is 0 Å². The molecule has 1 fully saturated rings. The third-order valence-corrected chi connectivity index (χ3v) is 7.61. The fraction of sp³-hybridized carbons (Fsp3) is 0.714. The lowest BCUT2D eigenvalue weighted by molar-refractivity contribution is -0.145. The molecule has 1 amide bonds. The Labute approximate surface area is 211 Å². The predicted molar refractivity (Wildman–Crippen MR) is 144 cm³/mol. The maximum atomic E-state index is 12.4. The van der Waals surface area contributed by atoms with Crippen LogP contribution < -0.4 is 10.6 Å². The molecule has 1 saturated heterocycles. The molecule has 0 radical (unpaired) electrons. The van der Waals surface area contributed by atoms with Crippen LogP contribution in [0.1, 0.15) is 115 Å². The van der Waals surface area contributed by atoms with Crippen molar-refractivity contribution in [2.24, 2.45) is 0 Å². The number of nitrogens with one attached hydrogen (secondary N) is 2. The van der Waals surface area contributed by atoms with Crippen LogP contribution in [0.2, 0.25) is 0 Å². The summed E-state index contributed by atoms with van der Waals surface area (Å²) in [6.45, 7) is 4.29. The summed E-state index contributed by atoms with van der Waals surface area (Å²) in [5.41, 5.74) is 1.88. The van der Waals surface area contributed by atoms with E-state index in [1.54, 1.807) is 11.8 Å². The van der Waals surface area contributed by atoms with E-state index in [1.165, 1.54) is 84.0 Å². The summed E-state index contributed by atoms with van der Waals surface area (Å²) in [5, 5.41) is 6.22. The molecule has 0 spiro atoms. The Morgan fingerprint density at radius 3 is 1.94 bits per heavy atom. The van der Waals surface area contributed by atoms with E-state index in [9.17, 15) is 9.59 Å². The molecule has 0 aliphatic carbocycles. The van der Waals surface area contributed by atoms with Crippen LogP contribution in [0.15, 0.2) is 24.3 Å². The molecule has 1 aromatic carbocycles. The first-order valence-electron chi connectivity index (χ1n) is 13.5. The van der Waals surface area contributed by atoms with Gasteiger partial charge < -0.3 is 10.1 Å². The Morgan fingerprint density at radius 2 is 1.41 bits per heavy atom. The van der Waals surface area contributed by atoms with Crippen molar-refractivity contribution in [2.45, 2.75) is 115 Å². The number of hydrogen-bond donors (Lipinski definition) is 2. The van der Waals surface area contributed by atoms with Gasteiger partial charge in [0.25, 0.3) is 0 Å². The van der Waals surface area contributed by atoms with Gasteiger partial charge in [-0.05, 0) is 24.1 Å². The van der Waals surface area contributed by atoms with Gasteiger partial charge in [0, 0.05) is 18.4 Å². The van der Waals surface area contributed by atoms with Crippen LogP contribution in [0.4, 0.5) is 5.69 Å². The zero-order valence-corrected chi connectivity index (χ0v) is 22.2. The quantitative estimate of drug-likeness (QED) is 0.166. The number of anilines is 1. The van der Waals surface area contributed by atoms with Crippen molar-refractivity contribution in [3.05, 3.63) is 29.8 Å². The van der Waals surface area contributed by atoms with E-state index in [4.69, 9.17) is 4.74 Å². The van der Waals surface area contributed by atoms with E-state index in [2.05, 4.69) is 17.6 Å². The molecule has 2 N–H and O–H groups in total. The molecule has 0 bridgehead atoms. The minimum Gasteiger partial charge on any atom is -0.465 e. The molecular formula is C28H46N2O3S. The van der Waals surface area contributed by atoms with E-state index in [0.717, 1.165) is 29.8 Å². The largest absolute Gasteiger partial charge is 0.465 e. The van der Waals surface area contributed by atoms with E-state index in [-0.39, 0.29) is 23.3 Å². The normalized spacial score (nSPS) is 17.6. The summed E-state index contributed by atoms with van der Waals surface area (Å²) in [5.74, 6) is 0.498. The summed E-state index contributed by atoms with van der Waals surface area (Å²) in [6, 6.07) is 7.49. The zero-order valence-electron chi connectivity index (χ0n) is 21.4. The van der Waals surface area contributed by atoms with Gasteiger partial charge in [0.05, 0.1) is 12.0 Å².